The first-order chi connectivity index (χ1) is 20.0. The van der Waals surface area contributed by atoms with Gasteiger partial charge in [-0.3, -0.25) is 4.79 Å². The van der Waals surface area contributed by atoms with E-state index in [1.165, 1.54) is 0 Å². The molecule has 0 bridgehead atoms. The number of carbonyl (C=O) groups excluding carboxylic acids is 1. The number of para-hydroxylation sites is 2. The number of Topliss-reactive ketones (excluding diaryl/α,β-unsaturated/α-hetero) is 1. The van der Waals surface area contributed by atoms with Crippen LogP contribution < -0.4 is 9.80 Å². The van der Waals surface area contributed by atoms with Crippen LogP contribution >= 0.6 is 23.2 Å². The van der Waals surface area contributed by atoms with Crippen molar-refractivity contribution < 1.29 is 14.3 Å². The Labute approximate surface area is 253 Å². The zero-order chi connectivity index (χ0) is 29.1. The van der Waals surface area contributed by atoms with E-state index >= 15 is 0 Å². The molecule has 214 valence electrons. The van der Waals surface area contributed by atoms with Crippen LogP contribution in [0.1, 0.15) is 29.8 Å². The number of carbonyl (C=O) groups is 1. The number of ether oxygens (including phenoxy) is 2. The maximum Gasteiger partial charge on any atom is 0.261 e. The molecule has 0 aromatic heterocycles. The molecule has 0 fully saturated rings. The fourth-order valence-electron chi connectivity index (χ4n) is 4.75. The van der Waals surface area contributed by atoms with Gasteiger partial charge in [-0.25, -0.2) is 0 Å². The first-order valence-corrected chi connectivity index (χ1v) is 14.7. The summed E-state index contributed by atoms with van der Waals surface area (Å²) in [6.45, 7) is 7.40. The Balaban J connectivity index is 1.66. The van der Waals surface area contributed by atoms with Crippen LogP contribution in [-0.4, -0.2) is 45.2 Å². The van der Waals surface area contributed by atoms with Crippen LogP contribution in [0.15, 0.2) is 109 Å². The van der Waals surface area contributed by atoms with Gasteiger partial charge in [-0.15, -0.1) is 0 Å². The van der Waals surface area contributed by atoms with Crippen LogP contribution in [0.5, 0.6) is 0 Å². The summed E-state index contributed by atoms with van der Waals surface area (Å²) in [6.07, 6.45) is 0. The molecule has 0 heterocycles. The van der Waals surface area contributed by atoms with Crippen molar-refractivity contribution in [1.82, 2.24) is 0 Å². The van der Waals surface area contributed by atoms with Crippen LogP contribution in [0.25, 0.3) is 0 Å². The molecule has 0 saturated heterocycles. The first kappa shape index (κ1) is 30.6. The molecule has 0 spiro atoms. The van der Waals surface area contributed by atoms with E-state index in [1.807, 2.05) is 36.4 Å². The van der Waals surface area contributed by atoms with E-state index in [9.17, 15) is 4.79 Å². The van der Waals surface area contributed by atoms with Crippen LogP contribution in [-0.2, 0) is 15.3 Å². The summed E-state index contributed by atoms with van der Waals surface area (Å²) in [5.41, 5.74) is 3.19. The molecule has 4 aromatic carbocycles. The van der Waals surface area contributed by atoms with Crippen molar-refractivity contribution in [2.45, 2.75) is 19.6 Å². The van der Waals surface area contributed by atoms with Crippen LogP contribution in [0, 0.1) is 0 Å². The van der Waals surface area contributed by atoms with Crippen molar-refractivity contribution in [3.8, 4) is 0 Å². The van der Waals surface area contributed by atoms with E-state index in [0.717, 1.165) is 24.5 Å². The van der Waals surface area contributed by atoms with Gasteiger partial charge >= 0.3 is 0 Å². The lowest BCUT2D eigenvalue weighted by molar-refractivity contribution is -0.206. The maximum absolute atomic E-state index is 14.3. The minimum absolute atomic E-state index is 0.251. The van der Waals surface area contributed by atoms with Crippen molar-refractivity contribution in [2.75, 3.05) is 49.2 Å². The Morgan fingerprint density at radius 3 is 1.46 bits per heavy atom. The Hall–Kier alpha value is -3.35. The average Bonchev–Trinajstić information content (AvgIpc) is 3.02. The number of ketones is 1. The van der Waals surface area contributed by atoms with E-state index in [4.69, 9.17) is 32.7 Å². The van der Waals surface area contributed by atoms with Crippen LogP contribution in [0.2, 0.25) is 10.0 Å². The quantitative estimate of drug-likeness (QED) is 0.103. The SMILES string of the molecule is CCN(CCOC(OCCN(CC)c1ccccc1)(C(=O)c1ccc(Cl)cc1)c1ccc(Cl)cc1)c1ccccc1. The van der Waals surface area contributed by atoms with E-state index in [0.29, 0.717) is 34.3 Å². The average molecular weight is 592 g/mol. The summed E-state index contributed by atoms with van der Waals surface area (Å²) in [5, 5.41) is 1.10. The third-order valence-electron chi connectivity index (χ3n) is 6.97. The summed E-state index contributed by atoms with van der Waals surface area (Å²) in [7, 11) is 0. The van der Waals surface area contributed by atoms with Gasteiger partial charge < -0.3 is 19.3 Å². The number of benzene rings is 4. The van der Waals surface area contributed by atoms with Gasteiger partial charge in [0.15, 0.2) is 0 Å². The third-order valence-corrected chi connectivity index (χ3v) is 7.47. The molecule has 0 unspecified atom stereocenters. The molecule has 0 aliphatic heterocycles. The highest BCUT2D eigenvalue weighted by Gasteiger charge is 2.44. The lowest BCUT2D eigenvalue weighted by atomic mass is 9.95. The number of hydrogen-bond donors (Lipinski definition) is 0. The Morgan fingerprint density at radius 2 is 1.05 bits per heavy atom. The smallest absolute Gasteiger partial charge is 0.261 e. The maximum atomic E-state index is 14.3. The zero-order valence-corrected chi connectivity index (χ0v) is 25.0. The monoisotopic (exact) mass is 590 g/mol. The van der Waals surface area contributed by atoms with Gasteiger partial charge in [0.25, 0.3) is 5.79 Å². The van der Waals surface area contributed by atoms with E-state index in [1.54, 1.807) is 48.5 Å². The first-order valence-electron chi connectivity index (χ1n) is 13.9. The summed E-state index contributed by atoms with van der Waals surface area (Å²) in [6, 6.07) is 34.2. The Morgan fingerprint density at radius 1 is 0.634 bits per heavy atom. The Kier molecular flexibility index (Phi) is 11.2. The molecule has 0 aliphatic carbocycles. The molecule has 0 atom stereocenters. The number of anilines is 2. The molecule has 7 heteroatoms. The minimum atomic E-state index is -1.69. The number of rotatable bonds is 15. The number of hydrogen-bond acceptors (Lipinski definition) is 5. The van der Waals surface area contributed by atoms with Crippen LogP contribution in [0.4, 0.5) is 11.4 Å². The van der Waals surface area contributed by atoms with Crippen molar-refractivity contribution in [3.63, 3.8) is 0 Å². The molecule has 0 amide bonds. The molecular weight excluding hydrogens is 555 g/mol. The van der Waals surface area contributed by atoms with Gasteiger partial charge in [0.2, 0.25) is 5.78 Å². The highest BCUT2D eigenvalue weighted by Crippen LogP contribution is 2.33. The fraction of sp³-hybridized carbons (Fsp3) is 0.265. The molecule has 0 N–H and O–H groups in total. The van der Waals surface area contributed by atoms with Crippen molar-refractivity contribution in [1.29, 1.82) is 0 Å². The van der Waals surface area contributed by atoms with Crippen LogP contribution in [0.3, 0.4) is 0 Å². The molecule has 0 radical (unpaired) electrons. The van der Waals surface area contributed by atoms with Crippen molar-refractivity contribution >= 4 is 40.4 Å². The normalized spacial score (nSPS) is 11.3. The molecule has 0 aliphatic rings. The second-order valence-corrected chi connectivity index (χ2v) is 10.4. The molecule has 5 nitrogen and oxygen atoms in total. The second-order valence-electron chi connectivity index (χ2n) is 9.49. The van der Waals surface area contributed by atoms with E-state index in [-0.39, 0.29) is 19.0 Å². The largest absolute Gasteiger partial charge is 0.369 e. The highest BCUT2D eigenvalue weighted by molar-refractivity contribution is 6.31. The number of nitrogens with zero attached hydrogens (tertiary/aromatic N) is 2. The molecular formula is C34H36Cl2N2O3. The summed E-state index contributed by atoms with van der Waals surface area (Å²) in [5.74, 6) is -1.99. The van der Waals surface area contributed by atoms with E-state index in [2.05, 4.69) is 47.9 Å². The van der Waals surface area contributed by atoms with Gasteiger partial charge in [0, 0.05) is 58.7 Å². The third kappa shape index (κ3) is 7.90. The Bertz CT molecular complexity index is 1300. The predicted molar refractivity (Wildman–Crippen MR) is 169 cm³/mol. The van der Waals surface area contributed by atoms with Gasteiger partial charge in [-0.05, 0) is 74.5 Å². The van der Waals surface area contributed by atoms with Gasteiger partial charge in [-0.1, -0.05) is 71.7 Å². The van der Waals surface area contributed by atoms with Crippen molar-refractivity contribution in [3.05, 3.63) is 130 Å². The van der Waals surface area contributed by atoms with Gasteiger partial charge in [0.1, 0.15) is 0 Å². The lowest BCUT2D eigenvalue weighted by Crippen LogP contribution is -2.45. The molecule has 41 heavy (non-hydrogen) atoms. The summed E-state index contributed by atoms with van der Waals surface area (Å²) >= 11 is 12.4. The standard InChI is InChI=1S/C34H36Cl2N2O3/c1-3-37(31-11-7-5-8-12-31)23-25-40-34(28-17-21-30(36)22-18-28,33(39)27-15-19-29(35)20-16-27)41-26-24-38(4-2)32-13-9-6-10-14-32/h5-22H,3-4,23-26H2,1-2H3. The topological polar surface area (TPSA) is 42.0 Å². The van der Waals surface area contributed by atoms with Gasteiger partial charge in [-0.2, -0.15) is 0 Å². The second kappa shape index (κ2) is 15.0. The zero-order valence-electron chi connectivity index (χ0n) is 23.5. The molecule has 4 rings (SSSR count). The summed E-state index contributed by atoms with van der Waals surface area (Å²) < 4.78 is 13.1. The minimum Gasteiger partial charge on any atom is -0.369 e. The lowest BCUT2D eigenvalue weighted by Gasteiger charge is -2.35. The molecule has 4 aromatic rings. The number of halogens is 2. The number of likely N-dealkylation sites (N-methyl/N-ethyl adjacent to an activating group) is 2. The van der Waals surface area contributed by atoms with E-state index < -0.39 is 5.79 Å². The van der Waals surface area contributed by atoms with Crippen molar-refractivity contribution in [2.24, 2.45) is 0 Å². The highest BCUT2D eigenvalue weighted by atomic mass is 35.5. The van der Waals surface area contributed by atoms with Gasteiger partial charge in [0.05, 0.1) is 13.2 Å². The molecule has 0 saturated carbocycles. The predicted octanol–water partition coefficient (Wildman–Crippen LogP) is 8.12. The fourth-order valence-corrected chi connectivity index (χ4v) is 5.00. The summed E-state index contributed by atoms with van der Waals surface area (Å²) in [4.78, 5) is 18.7.